The van der Waals surface area contributed by atoms with Crippen LogP contribution in [-0.4, -0.2) is 46.3 Å². The van der Waals surface area contributed by atoms with Crippen LogP contribution in [0.25, 0.3) is 15.9 Å². The van der Waals surface area contributed by atoms with Gasteiger partial charge in [0.15, 0.2) is 0 Å². The number of fused-ring (bicyclic) bond motifs is 1. The number of nitrogens with one attached hydrogen (secondary N) is 1. The topological polar surface area (TPSA) is 67.2 Å². The van der Waals surface area contributed by atoms with Crippen molar-refractivity contribution in [2.24, 2.45) is 0 Å². The molecule has 0 spiro atoms. The number of aromatic nitrogens is 2. The Labute approximate surface area is 199 Å². The molecule has 2 heterocycles. The standard InChI is InChI=1S/C23H21ClN4O2S2/c1-14-15-12-20(32-23(15)28(26-14)18-10-6-4-8-16(18)24)22(30)27(2)13-21(29)25-17-9-5-7-11-19(17)31-3/h4-12H,13H2,1-3H3,(H,25,29). The number of nitrogens with zero attached hydrogens (tertiary/aromatic N) is 3. The van der Waals surface area contributed by atoms with Crippen LogP contribution < -0.4 is 5.32 Å². The Morgan fingerprint density at radius 1 is 1.19 bits per heavy atom. The van der Waals surface area contributed by atoms with E-state index in [2.05, 4.69) is 10.4 Å². The average molecular weight is 485 g/mol. The molecule has 2 amide bonds. The molecular formula is C23H21ClN4O2S2. The number of anilines is 1. The number of benzene rings is 2. The van der Waals surface area contributed by atoms with Crippen LogP contribution in [-0.2, 0) is 4.79 Å². The smallest absolute Gasteiger partial charge is 0.264 e. The van der Waals surface area contributed by atoms with Crippen LogP contribution in [0.2, 0.25) is 5.02 Å². The Morgan fingerprint density at radius 3 is 2.66 bits per heavy atom. The maximum absolute atomic E-state index is 13.0. The second-order valence-electron chi connectivity index (χ2n) is 7.19. The number of thiophene rings is 1. The number of rotatable bonds is 6. The van der Waals surface area contributed by atoms with E-state index in [0.29, 0.717) is 9.90 Å². The molecule has 164 valence electrons. The molecule has 0 unspecified atom stereocenters. The van der Waals surface area contributed by atoms with Crippen LogP contribution in [0.5, 0.6) is 0 Å². The van der Waals surface area contributed by atoms with Gasteiger partial charge in [-0.3, -0.25) is 9.59 Å². The fraction of sp³-hybridized carbons (Fsp3) is 0.174. The third kappa shape index (κ3) is 4.39. The minimum atomic E-state index is -0.248. The number of carbonyl (C=O) groups excluding carboxylic acids is 2. The molecule has 0 atom stereocenters. The normalized spacial score (nSPS) is 11.0. The number of likely N-dealkylation sites (N-methyl/N-ethyl adjacent to an activating group) is 1. The van der Waals surface area contributed by atoms with Crippen LogP contribution in [0.15, 0.2) is 59.5 Å². The van der Waals surface area contributed by atoms with Crippen molar-refractivity contribution >= 4 is 62.4 Å². The highest BCUT2D eigenvalue weighted by molar-refractivity contribution is 7.98. The SMILES string of the molecule is CSc1ccccc1NC(=O)CN(C)C(=O)c1cc2c(C)nn(-c3ccccc3Cl)c2s1. The van der Waals surface area contributed by atoms with E-state index in [1.165, 1.54) is 16.2 Å². The van der Waals surface area contributed by atoms with Crippen molar-refractivity contribution in [1.29, 1.82) is 0 Å². The van der Waals surface area contributed by atoms with Crippen molar-refractivity contribution in [2.45, 2.75) is 11.8 Å². The quantitative estimate of drug-likeness (QED) is 0.368. The van der Waals surface area contributed by atoms with Crippen LogP contribution >= 0.6 is 34.7 Å². The summed E-state index contributed by atoms with van der Waals surface area (Å²) in [6.45, 7) is 1.85. The first-order chi connectivity index (χ1) is 15.4. The summed E-state index contributed by atoms with van der Waals surface area (Å²) >= 11 is 9.25. The summed E-state index contributed by atoms with van der Waals surface area (Å²) < 4.78 is 1.76. The third-order valence-corrected chi connectivity index (χ3v) is 7.16. The van der Waals surface area contributed by atoms with Gasteiger partial charge in [0, 0.05) is 17.3 Å². The first-order valence-corrected chi connectivity index (χ1v) is 12.2. The molecule has 0 fully saturated rings. The highest BCUT2D eigenvalue weighted by atomic mass is 35.5. The van der Waals surface area contributed by atoms with Gasteiger partial charge < -0.3 is 10.2 Å². The molecule has 6 nitrogen and oxygen atoms in total. The van der Waals surface area contributed by atoms with Crippen molar-refractivity contribution in [3.8, 4) is 5.69 Å². The second kappa shape index (κ2) is 9.36. The zero-order chi connectivity index (χ0) is 22.8. The van der Waals surface area contributed by atoms with E-state index in [-0.39, 0.29) is 18.4 Å². The molecule has 1 N–H and O–H groups in total. The lowest BCUT2D eigenvalue weighted by molar-refractivity contribution is -0.116. The summed E-state index contributed by atoms with van der Waals surface area (Å²) in [5.74, 6) is -0.466. The van der Waals surface area contributed by atoms with Gasteiger partial charge in [-0.15, -0.1) is 23.1 Å². The fourth-order valence-corrected chi connectivity index (χ4v) is 5.29. The van der Waals surface area contributed by atoms with E-state index in [1.54, 1.807) is 29.6 Å². The lowest BCUT2D eigenvalue weighted by Gasteiger charge is -2.16. The minimum absolute atomic E-state index is 0.0502. The number of amides is 2. The minimum Gasteiger partial charge on any atom is -0.332 e. The van der Waals surface area contributed by atoms with Gasteiger partial charge >= 0.3 is 0 Å². The van der Waals surface area contributed by atoms with Crippen molar-refractivity contribution < 1.29 is 9.59 Å². The summed E-state index contributed by atoms with van der Waals surface area (Å²) in [5, 5.41) is 8.95. The molecule has 2 aromatic carbocycles. The zero-order valence-corrected chi connectivity index (χ0v) is 20.1. The summed E-state index contributed by atoms with van der Waals surface area (Å²) in [4.78, 5) is 29.4. The highest BCUT2D eigenvalue weighted by Crippen LogP contribution is 2.33. The maximum atomic E-state index is 13.0. The van der Waals surface area contributed by atoms with E-state index in [0.717, 1.165) is 32.2 Å². The van der Waals surface area contributed by atoms with Gasteiger partial charge in [0.1, 0.15) is 4.83 Å². The molecule has 0 aliphatic rings. The molecule has 2 aromatic heterocycles. The Kier molecular flexibility index (Phi) is 6.55. The summed E-state index contributed by atoms with van der Waals surface area (Å²) in [5.41, 5.74) is 2.31. The molecule has 9 heteroatoms. The summed E-state index contributed by atoms with van der Waals surface area (Å²) in [6.07, 6.45) is 1.95. The van der Waals surface area contributed by atoms with Gasteiger partial charge in [0.2, 0.25) is 5.91 Å². The molecule has 0 bridgehead atoms. The molecule has 32 heavy (non-hydrogen) atoms. The Balaban J connectivity index is 1.54. The second-order valence-corrected chi connectivity index (χ2v) is 9.47. The average Bonchev–Trinajstić information content (AvgIpc) is 3.34. The van der Waals surface area contributed by atoms with Crippen molar-refractivity contribution in [1.82, 2.24) is 14.7 Å². The largest absolute Gasteiger partial charge is 0.332 e. The maximum Gasteiger partial charge on any atom is 0.264 e. The van der Waals surface area contributed by atoms with Crippen LogP contribution in [0.3, 0.4) is 0 Å². The molecule has 0 saturated heterocycles. The predicted molar refractivity (Wildman–Crippen MR) is 133 cm³/mol. The molecule has 4 aromatic rings. The van der Waals surface area contributed by atoms with Crippen LogP contribution in [0, 0.1) is 6.92 Å². The van der Waals surface area contributed by atoms with E-state index in [9.17, 15) is 9.59 Å². The lowest BCUT2D eigenvalue weighted by atomic mass is 10.3. The van der Waals surface area contributed by atoms with Crippen molar-refractivity contribution in [3.05, 3.63) is 70.2 Å². The number of aryl methyl sites for hydroxylation is 1. The molecule has 4 rings (SSSR count). The Hall–Kier alpha value is -2.81. The first kappa shape index (κ1) is 22.4. The molecule has 0 aliphatic carbocycles. The van der Waals surface area contributed by atoms with Gasteiger partial charge in [-0.1, -0.05) is 35.9 Å². The Morgan fingerprint density at radius 2 is 1.91 bits per heavy atom. The van der Waals surface area contributed by atoms with Gasteiger partial charge in [0.25, 0.3) is 5.91 Å². The number of hydrogen-bond acceptors (Lipinski definition) is 5. The van der Waals surface area contributed by atoms with Gasteiger partial charge in [-0.25, -0.2) is 4.68 Å². The summed E-state index contributed by atoms with van der Waals surface area (Å²) in [6, 6.07) is 16.9. The predicted octanol–water partition coefficient (Wildman–Crippen LogP) is 5.48. The Bertz CT molecular complexity index is 1310. The van der Waals surface area contributed by atoms with E-state index >= 15 is 0 Å². The van der Waals surface area contributed by atoms with Crippen LogP contribution in [0.1, 0.15) is 15.4 Å². The monoisotopic (exact) mass is 484 g/mol. The lowest BCUT2D eigenvalue weighted by Crippen LogP contribution is -2.34. The molecule has 0 saturated carbocycles. The van der Waals surface area contributed by atoms with Gasteiger partial charge in [-0.2, -0.15) is 5.10 Å². The number of halogens is 1. The number of carbonyl (C=O) groups is 2. The highest BCUT2D eigenvalue weighted by Gasteiger charge is 2.21. The number of thioether (sulfide) groups is 1. The van der Waals surface area contributed by atoms with Crippen molar-refractivity contribution in [3.63, 3.8) is 0 Å². The molecular weight excluding hydrogens is 464 g/mol. The number of para-hydroxylation sites is 2. The first-order valence-electron chi connectivity index (χ1n) is 9.81. The number of hydrogen-bond donors (Lipinski definition) is 1. The zero-order valence-electron chi connectivity index (χ0n) is 17.8. The van der Waals surface area contributed by atoms with E-state index in [1.807, 2.05) is 61.7 Å². The van der Waals surface area contributed by atoms with Crippen molar-refractivity contribution in [2.75, 3.05) is 25.2 Å². The third-order valence-electron chi connectivity index (χ3n) is 4.94. The fourth-order valence-electron chi connectivity index (χ4n) is 3.35. The summed E-state index contributed by atoms with van der Waals surface area (Å²) in [7, 11) is 1.63. The van der Waals surface area contributed by atoms with E-state index in [4.69, 9.17) is 11.6 Å². The molecule has 0 aliphatic heterocycles. The van der Waals surface area contributed by atoms with E-state index < -0.39 is 0 Å². The van der Waals surface area contributed by atoms with Gasteiger partial charge in [0.05, 0.1) is 33.5 Å². The molecule has 0 radical (unpaired) electrons. The van der Waals surface area contributed by atoms with Crippen LogP contribution in [0.4, 0.5) is 5.69 Å². The van der Waals surface area contributed by atoms with Gasteiger partial charge in [-0.05, 0) is 43.5 Å².